The lowest BCUT2D eigenvalue weighted by Gasteiger charge is -2.31. The minimum atomic E-state index is -0.0589. The van der Waals surface area contributed by atoms with Gasteiger partial charge in [-0.2, -0.15) is 0 Å². The molecule has 1 aliphatic heterocycles. The van der Waals surface area contributed by atoms with E-state index in [2.05, 4.69) is 16.8 Å². The highest BCUT2D eigenvalue weighted by Gasteiger charge is 2.23. The van der Waals surface area contributed by atoms with Gasteiger partial charge in [0, 0.05) is 25.5 Å². The lowest BCUT2D eigenvalue weighted by molar-refractivity contribution is 0.0712. The van der Waals surface area contributed by atoms with E-state index < -0.39 is 0 Å². The number of amides is 1. The van der Waals surface area contributed by atoms with Crippen molar-refractivity contribution in [3.8, 4) is 0 Å². The zero-order valence-corrected chi connectivity index (χ0v) is 15.1. The average Bonchev–Trinajstić information content (AvgIpc) is 3.16. The lowest BCUT2D eigenvalue weighted by Crippen LogP contribution is -2.32. The predicted molar refractivity (Wildman–Crippen MR) is 97.2 cm³/mol. The van der Waals surface area contributed by atoms with E-state index in [-0.39, 0.29) is 11.9 Å². The summed E-state index contributed by atoms with van der Waals surface area (Å²) in [5.41, 5.74) is 1.07. The summed E-state index contributed by atoms with van der Waals surface area (Å²) in [5.74, 6) is 1.25. The summed E-state index contributed by atoms with van der Waals surface area (Å²) >= 11 is 0. The van der Waals surface area contributed by atoms with E-state index in [1.54, 1.807) is 17.3 Å². The second-order valence-electron chi connectivity index (χ2n) is 6.65. The molecule has 134 valence electrons. The predicted octanol–water partition coefficient (Wildman–Crippen LogP) is 3.88. The van der Waals surface area contributed by atoms with Crippen LogP contribution in [0.25, 0.3) is 0 Å². The van der Waals surface area contributed by atoms with E-state index in [1.807, 2.05) is 31.2 Å². The smallest absolute Gasteiger partial charge is 0.289 e. The van der Waals surface area contributed by atoms with Gasteiger partial charge in [0.15, 0.2) is 5.76 Å². The summed E-state index contributed by atoms with van der Waals surface area (Å²) in [6.07, 6.45) is 7.29. The van der Waals surface area contributed by atoms with Gasteiger partial charge in [0.25, 0.3) is 5.91 Å². The van der Waals surface area contributed by atoms with E-state index in [9.17, 15) is 4.79 Å². The fourth-order valence-corrected chi connectivity index (χ4v) is 3.37. The van der Waals surface area contributed by atoms with Crippen LogP contribution in [0.15, 0.2) is 41.1 Å². The lowest BCUT2D eigenvalue weighted by atomic mass is 10.1. The third-order valence-corrected chi connectivity index (χ3v) is 4.98. The molecule has 0 aromatic carbocycles. The molecular formula is C20H27N3O2. The summed E-state index contributed by atoms with van der Waals surface area (Å²) in [7, 11) is 0. The zero-order valence-electron chi connectivity index (χ0n) is 15.1. The largest absolute Gasteiger partial charge is 0.454 e. The Morgan fingerprint density at radius 1 is 1.20 bits per heavy atom. The Balaban J connectivity index is 1.68. The molecule has 3 heterocycles. The number of hydrogen-bond acceptors (Lipinski definition) is 4. The monoisotopic (exact) mass is 341 g/mol. The SMILES string of the molecule is CCN(Cc1ccncc1)C(=O)c1ccc([C@H](C)N2CCCCC2)o1. The Kier molecular flexibility index (Phi) is 5.87. The standard InChI is InChI=1S/C20H27N3O2/c1-3-22(15-17-9-11-21-12-10-17)20(24)19-8-7-18(25-19)16(2)23-13-5-4-6-14-23/h7-12,16H,3-6,13-15H2,1-2H3/t16-/m0/s1. The van der Waals surface area contributed by atoms with Gasteiger partial charge in [-0.1, -0.05) is 6.42 Å². The quantitative estimate of drug-likeness (QED) is 0.800. The van der Waals surface area contributed by atoms with E-state index in [0.717, 1.165) is 24.4 Å². The third kappa shape index (κ3) is 4.28. The van der Waals surface area contributed by atoms with Crippen molar-refractivity contribution in [2.24, 2.45) is 0 Å². The van der Waals surface area contributed by atoms with Gasteiger partial charge >= 0.3 is 0 Å². The Labute approximate surface area is 149 Å². The molecule has 1 saturated heterocycles. The summed E-state index contributed by atoms with van der Waals surface area (Å²) in [5, 5.41) is 0. The fourth-order valence-electron chi connectivity index (χ4n) is 3.37. The molecule has 0 radical (unpaired) electrons. The molecule has 3 rings (SSSR count). The van der Waals surface area contributed by atoms with Crippen LogP contribution in [0.4, 0.5) is 0 Å². The zero-order chi connectivity index (χ0) is 17.6. The first-order chi connectivity index (χ1) is 12.2. The van der Waals surface area contributed by atoms with E-state index in [4.69, 9.17) is 4.42 Å². The van der Waals surface area contributed by atoms with Gasteiger partial charge in [-0.3, -0.25) is 14.7 Å². The van der Waals surface area contributed by atoms with E-state index in [1.165, 1.54) is 19.3 Å². The van der Waals surface area contributed by atoms with E-state index in [0.29, 0.717) is 18.8 Å². The molecule has 2 aromatic rings. The summed E-state index contributed by atoms with van der Waals surface area (Å²) in [6.45, 7) is 7.56. The van der Waals surface area contributed by atoms with Crippen LogP contribution in [0, 0.1) is 0 Å². The van der Waals surface area contributed by atoms with Crippen molar-refractivity contribution < 1.29 is 9.21 Å². The maximum atomic E-state index is 12.8. The Bertz CT molecular complexity index is 677. The highest BCUT2D eigenvalue weighted by atomic mass is 16.4. The van der Waals surface area contributed by atoms with E-state index >= 15 is 0 Å². The average molecular weight is 341 g/mol. The van der Waals surface area contributed by atoms with Crippen LogP contribution in [0.3, 0.4) is 0 Å². The number of nitrogens with zero attached hydrogens (tertiary/aromatic N) is 3. The van der Waals surface area contributed by atoms with Crippen molar-refractivity contribution in [2.75, 3.05) is 19.6 Å². The van der Waals surface area contributed by atoms with Crippen LogP contribution < -0.4 is 0 Å². The maximum Gasteiger partial charge on any atom is 0.289 e. The van der Waals surface area contributed by atoms with Gasteiger partial charge in [-0.25, -0.2) is 0 Å². The highest BCUT2D eigenvalue weighted by molar-refractivity contribution is 5.91. The van der Waals surface area contributed by atoms with Crippen molar-refractivity contribution in [3.63, 3.8) is 0 Å². The third-order valence-electron chi connectivity index (χ3n) is 4.98. The van der Waals surface area contributed by atoms with Crippen LogP contribution in [0.2, 0.25) is 0 Å². The molecule has 1 amide bonds. The molecule has 2 aromatic heterocycles. The van der Waals surface area contributed by atoms with Crippen molar-refractivity contribution >= 4 is 5.91 Å². The fraction of sp³-hybridized carbons (Fsp3) is 0.500. The number of likely N-dealkylation sites (tertiary alicyclic amines) is 1. The highest BCUT2D eigenvalue weighted by Crippen LogP contribution is 2.26. The Hall–Kier alpha value is -2.14. The van der Waals surface area contributed by atoms with Gasteiger partial charge in [-0.15, -0.1) is 0 Å². The molecule has 0 spiro atoms. The van der Waals surface area contributed by atoms with Crippen LogP contribution in [-0.4, -0.2) is 40.3 Å². The number of rotatable bonds is 6. The molecular weight excluding hydrogens is 314 g/mol. The second kappa shape index (κ2) is 8.30. The second-order valence-corrected chi connectivity index (χ2v) is 6.65. The summed E-state index contributed by atoms with van der Waals surface area (Å²) in [6, 6.07) is 7.85. The molecule has 1 atom stereocenters. The number of pyridine rings is 1. The number of hydrogen-bond donors (Lipinski definition) is 0. The number of furan rings is 1. The molecule has 5 nitrogen and oxygen atoms in total. The van der Waals surface area contributed by atoms with Crippen molar-refractivity contribution in [3.05, 3.63) is 53.7 Å². The first-order valence-electron chi connectivity index (χ1n) is 9.21. The van der Waals surface area contributed by atoms with Gasteiger partial charge < -0.3 is 9.32 Å². The minimum absolute atomic E-state index is 0.0589. The maximum absolute atomic E-state index is 12.8. The molecule has 0 bridgehead atoms. The van der Waals surface area contributed by atoms with Gasteiger partial charge in [0.05, 0.1) is 6.04 Å². The number of carbonyl (C=O) groups is 1. The number of aromatic nitrogens is 1. The normalized spacial score (nSPS) is 16.6. The van der Waals surface area contributed by atoms with Gasteiger partial charge in [0.2, 0.25) is 0 Å². The van der Waals surface area contributed by atoms with Crippen molar-refractivity contribution in [1.82, 2.24) is 14.8 Å². The molecule has 5 heteroatoms. The topological polar surface area (TPSA) is 49.6 Å². The molecule has 0 N–H and O–H groups in total. The summed E-state index contributed by atoms with van der Waals surface area (Å²) in [4.78, 5) is 21.0. The van der Waals surface area contributed by atoms with Crippen LogP contribution >= 0.6 is 0 Å². The molecule has 1 fully saturated rings. The first-order valence-corrected chi connectivity index (χ1v) is 9.21. The van der Waals surface area contributed by atoms with Crippen LogP contribution in [-0.2, 0) is 6.54 Å². The van der Waals surface area contributed by atoms with Crippen molar-refractivity contribution in [2.45, 2.75) is 45.7 Å². The van der Waals surface area contributed by atoms with Crippen LogP contribution in [0.5, 0.6) is 0 Å². The molecule has 1 aliphatic rings. The van der Waals surface area contributed by atoms with Crippen molar-refractivity contribution in [1.29, 1.82) is 0 Å². The Morgan fingerprint density at radius 3 is 2.60 bits per heavy atom. The molecule has 0 saturated carbocycles. The molecule has 0 unspecified atom stereocenters. The molecule has 0 aliphatic carbocycles. The molecule has 25 heavy (non-hydrogen) atoms. The van der Waals surface area contributed by atoms with Gasteiger partial charge in [-0.05, 0) is 69.6 Å². The minimum Gasteiger partial charge on any atom is -0.454 e. The van der Waals surface area contributed by atoms with Gasteiger partial charge in [0.1, 0.15) is 5.76 Å². The number of carbonyl (C=O) groups excluding carboxylic acids is 1. The number of piperidine rings is 1. The Morgan fingerprint density at radius 2 is 1.92 bits per heavy atom. The first kappa shape index (κ1) is 17.7. The van der Waals surface area contributed by atoms with Crippen LogP contribution in [0.1, 0.15) is 61.0 Å². The summed E-state index contributed by atoms with van der Waals surface area (Å²) < 4.78 is 5.94.